The van der Waals surface area contributed by atoms with Crippen LogP contribution in [0.5, 0.6) is 11.5 Å². The number of unbranched alkanes of at least 4 members (excludes halogenated alkanes) is 2. The number of amides is 1. The van der Waals surface area contributed by atoms with Gasteiger partial charge in [-0.2, -0.15) is 0 Å². The Labute approximate surface area is 267 Å². The second kappa shape index (κ2) is 16.7. The van der Waals surface area contributed by atoms with Gasteiger partial charge in [-0.15, -0.1) is 0 Å². The molecule has 238 valence electrons. The maximum Gasteiger partial charge on any atom is 0.229 e. The van der Waals surface area contributed by atoms with Crippen molar-refractivity contribution in [1.82, 2.24) is 5.32 Å². The largest absolute Gasteiger partial charge is 0.457 e. The van der Waals surface area contributed by atoms with Crippen LogP contribution in [0.1, 0.15) is 47.9 Å². The lowest BCUT2D eigenvalue weighted by Crippen LogP contribution is -2.24. The summed E-state index contributed by atoms with van der Waals surface area (Å²) in [7, 11) is -3.41. The zero-order chi connectivity index (χ0) is 32.1. The molecule has 0 unspecified atom stereocenters. The van der Waals surface area contributed by atoms with Crippen LogP contribution in [-0.4, -0.2) is 38.8 Å². The summed E-state index contributed by atoms with van der Waals surface area (Å²) in [6.07, 6.45) is 4.80. The first-order chi connectivity index (χ1) is 21.7. The highest BCUT2D eigenvalue weighted by Gasteiger charge is 2.15. The van der Waals surface area contributed by atoms with Crippen LogP contribution in [0.15, 0.2) is 97.1 Å². The van der Waals surface area contributed by atoms with Crippen molar-refractivity contribution in [3.05, 3.63) is 119 Å². The fourth-order valence-corrected chi connectivity index (χ4v) is 5.66. The number of sulfonamides is 1. The van der Waals surface area contributed by atoms with Gasteiger partial charge in [0.15, 0.2) is 0 Å². The molecule has 4 aromatic rings. The Kier molecular flexibility index (Phi) is 12.4. The van der Waals surface area contributed by atoms with Crippen molar-refractivity contribution in [1.29, 1.82) is 0 Å². The summed E-state index contributed by atoms with van der Waals surface area (Å²) in [5.41, 5.74) is 5.67. The Morgan fingerprint density at radius 2 is 1.40 bits per heavy atom. The summed E-state index contributed by atoms with van der Waals surface area (Å²) in [5, 5.41) is 11.8. The number of hydrogen-bond acceptors (Lipinski definition) is 6. The quantitative estimate of drug-likeness (QED) is 0.114. The Bertz CT molecular complexity index is 1610. The van der Waals surface area contributed by atoms with E-state index >= 15 is 0 Å². The molecule has 0 fully saturated rings. The minimum absolute atomic E-state index is 0.0372. The van der Waals surface area contributed by atoms with E-state index in [0.717, 1.165) is 65.0 Å². The van der Waals surface area contributed by atoms with Gasteiger partial charge in [0.25, 0.3) is 0 Å². The van der Waals surface area contributed by atoms with Crippen LogP contribution in [-0.2, 0) is 34.3 Å². The smallest absolute Gasteiger partial charge is 0.229 e. The molecule has 0 aliphatic carbocycles. The standard InChI is InChI=1S/C36H43N3O5S/c1-28-34(38-45(2,42)43)12-9-13-35(28)39(26-30-10-5-3-6-11-30)27-31-16-21-33(22-17-31)44-32-19-14-29(15-20-32)18-23-36(41)37-24-7-4-8-25-40/h3,5-6,9-17,19-22,38,40H,4,7-8,18,23-27H2,1-2H3,(H,37,41). The average molecular weight is 630 g/mol. The Morgan fingerprint density at radius 1 is 0.778 bits per heavy atom. The topological polar surface area (TPSA) is 108 Å². The summed E-state index contributed by atoms with van der Waals surface area (Å²) in [5.74, 6) is 1.48. The predicted octanol–water partition coefficient (Wildman–Crippen LogP) is 6.58. The van der Waals surface area contributed by atoms with E-state index in [0.29, 0.717) is 38.2 Å². The molecule has 0 bridgehead atoms. The molecule has 3 N–H and O–H groups in total. The molecule has 0 aromatic heterocycles. The second-order valence-corrected chi connectivity index (χ2v) is 12.9. The van der Waals surface area contributed by atoms with E-state index in [2.05, 4.69) is 27.1 Å². The highest BCUT2D eigenvalue weighted by Crippen LogP contribution is 2.30. The zero-order valence-corrected chi connectivity index (χ0v) is 26.9. The number of carbonyl (C=O) groups is 1. The van der Waals surface area contributed by atoms with Gasteiger partial charge in [-0.05, 0) is 91.3 Å². The van der Waals surface area contributed by atoms with E-state index in [4.69, 9.17) is 9.84 Å². The van der Waals surface area contributed by atoms with Crippen LogP contribution in [0, 0.1) is 6.92 Å². The molecule has 45 heavy (non-hydrogen) atoms. The third-order valence-corrected chi connectivity index (χ3v) is 8.00. The van der Waals surface area contributed by atoms with E-state index in [1.165, 1.54) is 0 Å². The number of rotatable bonds is 17. The van der Waals surface area contributed by atoms with Crippen LogP contribution < -0.4 is 19.7 Å². The lowest BCUT2D eigenvalue weighted by Gasteiger charge is -2.28. The molecule has 0 aliphatic heterocycles. The van der Waals surface area contributed by atoms with Crippen LogP contribution in [0.2, 0.25) is 0 Å². The van der Waals surface area contributed by atoms with Crippen molar-refractivity contribution in [2.75, 3.05) is 29.0 Å². The van der Waals surface area contributed by atoms with Crippen molar-refractivity contribution in [3.8, 4) is 11.5 Å². The fourth-order valence-electron chi connectivity index (χ4n) is 5.04. The van der Waals surface area contributed by atoms with Gasteiger partial charge in [0, 0.05) is 38.3 Å². The molecule has 0 saturated carbocycles. The predicted molar refractivity (Wildman–Crippen MR) is 181 cm³/mol. The number of ether oxygens (including phenoxy) is 1. The first-order valence-corrected chi connectivity index (χ1v) is 17.2. The van der Waals surface area contributed by atoms with E-state index in [1.54, 1.807) is 6.07 Å². The number of hydrogen-bond donors (Lipinski definition) is 3. The van der Waals surface area contributed by atoms with Crippen LogP contribution >= 0.6 is 0 Å². The van der Waals surface area contributed by atoms with Crippen molar-refractivity contribution in [2.45, 2.75) is 52.1 Å². The molecule has 0 spiro atoms. The van der Waals surface area contributed by atoms with Crippen LogP contribution in [0.3, 0.4) is 0 Å². The van der Waals surface area contributed by atoms with Gasteiger partial charge in [0.2, 0.25) is 15.9 Å². The summed E-state index contributed by atoms with van der Waals surface area (Å²) < 4.78 is 32.6. The summed E-state index contributed by atoms with van der Waals surface area (Å²) in [6.45, 7) is 4.04. The number of aliphatic hydroxyl groups is 1. The SMILES string of the molecule is Cc1c(NS(C)(=O)=O)cccc1N(Cc1ccccc1)Cc1ccc(Oc2ccc(CCC(=O)NCCCCCO)cc2)cc1. The van der Waals surface area contributed by atoms with Crippen molar-refractivity contribution in [2.24, 2.45) is 0 Å². The number of nitrogens with one attached hydrogen (secondary N) is 2. The first kappa shape index (κ1) is 33.6. The number of nitrogens with zero attached hydrogens (tertiary/aromatic N) is 1. The van der Waals surface area contributed by atoms with Crippen molar-refractivity contribution < 1.29 is 23.1 Å². The van der Waals surface area contributed by atoms with E-state index in [9.17, 15) is 13.2 Å². The third kappa shape index (κ3) is 11.3. The minimum atomic E-state index is -3.41. The molecule has 0 atom stereocenters. The number of carbonyl (C=O) groups excluding carboxylic acids is 1. The van der Waals surface area contributed by atoms with E-state index < -0.39 is 10.0 Å². The molecule has 4 rings (SSSR count). The molecule has 4 aromatic carbocycles. The molecule has 8 nitrogen and oxygen atoms in total. The van der Waals surface area contributed by atoms with Gasteiger partial charge >= 0.3 is 0 Å². The lowest BCUT2D eigenvalue weighted by atomic mass is 10.1. The highest BCUT2D eigenvalue weighted by molar-refractivity contribution is 7.92. The lowest BCUT2D eigenvalue weighted by molar-refractivity contribution is -0.121. The monoisotopic (exact) mass is 629 g/mol. The molecule has 0 saturated heterocycles. The van der Waals surface area contributed by atoms with Crippen molar-refractivity contribution >= 4 is 27.3 Å². The summed E-state index contributed by atoms with van der Waals surface area (Å²) >= 11 is 0. The zero-order valence-electron chi connectivity index (χ0n) is 26.0. The molecule has 0 radical (unpaired) electrons. The fraction of sp³-hybridized carbons (Fsp3) is 0.306. The molecule has 0 aliphatic rings. The molecular formula is C36H43N3O5S. The molecule has 1 amide bonds. The van der Waals surface area contributed by atoms with Gasteiger partial charge in [-0.1, -0.05) is 60.7 Å². The maximum atomic E-state index is 12.1. The Morgan fingerprint density at radius 3 is 2.02 bits per heavy atom. The number of benzene rings is 4. The second-order valence-electron chi connectivity index (χ2n) is 11.2. The summed E-state index contributed by atoms with van der Waals surface area (Å²) in [6, 6.07) is 31.6. The van der Waals surface area contributed by atoms with Gasteiger partial charge in [-0.25, -0.2) is 8.42 Å². The van der Waals surface area contributed by atoms with Crippen LogP contribution in [0.4, 0.5) is 11.4 Å². The van der Waals surface area contributed by atoms with E-state index in [-0.39, 0.29) is 12.5 Å². The normalized spacial score (nSPS) is 11.2. The third-order valence-electron chi connectivity index (χ3n) is 7.41. The highest BCUT2D eigenvalue weighted by atomic mass is 32.2. The van der Waals surface area contributed by atoms with Gasteiger partial charge in [-0.3, -0.25) is 9.52 Å². The molecule has 0 heterocycles. The maximum absolute atomic E-state index is 12.1. The number of aliphatic hydroxyl groups excluding tert-OH is 1. The minimum Gasteiger partial charge on any atom is -0.457 e. The Balaban J connectivity index is 1.37. The van der Waals surface area contributed by atoms with Crippen molar-refractivity contribution in [3.63, 3.8) is 0 Å². The number of anilines is 2. The van der Waals surface area contributed by atoms with Crippen LogP contribution in [0.25, 0.3) is 0 Å². The Hall–Kier alpha value is -4.34. The molecule has 9 heteroatoms. The molecular weight excluding hydrogens is 586 g/mol. The average Bonchev–Trinajstić information content (AvgIpc) is 3.02. The first-order valence-electron chi connectivity index (χ1n) is 15.3. The summed E-state index contributed by atoms with van der Waals surface area (Å²) in [4.78, 5) is 14.3. The number of aryl methyl sites for hydroxylation is 1. The van der Waals surface area contributed by atoms with Gasteiger partial charge < -0.3 is 20.1 Å². The van der Waals surface area contributed by atoms with Gasteiger partial charge in [0.05, 0.1) is 11.9 Å². The van der Waals surface area contributed by atoms with Gasteiger partial charge in [0.1, 0.15) is 11.5 Å². The van der Waals surface area contributed by atoms with E-state index in [1.807, 2.05) is 85.8 Å².